The molecule has 0 N–H and O–H groups in total. The van der Waals surface area contributed by atoms with Gasteiger partial charge in [-0.2, -0.15) is 13.2 Å². The van der Waals surface area contributed by atoms with E-state index in [1.165, 1.54) is 24.3 Å². The van der Waals surface area contributed by atoms with Gasteiger partial charge in [0.15, 0.2) is 0 Å². The standard InChI is InChI=1S/C31H28F6/c1-2-3-4-22-18-28(32)27(29(33)19-22)16-9-21-8-15-26-24(17-21)12-11-23(30(26)34)10-5-20-6-13-25(14-7-20)31(35,36)37/h6-8,11-15,17-19H,2-5,9-10,16H2,1H3. The van der Waals surface area contributed by atoms with Crippen molar-refractivity contribution in [2.45, 2.75) is 58.0 Å². The van der Waals surface area contributed by atoms with E-state index in [0.717, 1.165) is 30.5 Å². The highest BCUT2D eigenvalue weighted by Gasteiger charge is 2.29. The van der Waals surface area contributed by atoms with Crippen molar-refractivity contribution in [2.75, 3.05) is 0 Å². The predicted octanol–water partition coefficient (Wildman–Crippen LogP) is 9.19. The molecule has 0 bridgehead atoms. The fraction of sp³-hybridized carbons (Fsp3) is 0.290. The summed E-state index contributed by atoms with van der Waals surface area (Å²) in [5.74, 6) is -1.43. The molecular formula is C31H28F6. The number of halogens is 6. The van der Waals surface area contributed by atoms with Crippen LogP contribution >= 0.6 is 0 Å². The fourth-order valence-corrected chi connectivity index (χ4v) is 4.56. The summed E-state index contributed by atoms with van der Waals surface area (Å²) in [6.07, 6.45) is -0.540. The Morgan fingerprint density at radius 3 is 1.92 bits per heavy atom. The maximum atomic E-state index is 15.2. The van der Waals surface area contributed by atoms with Crippen LogP contribution in [0.25, 0.3) is 10.8 Å². The van der Waals surface area contributed by atoms with Crippen LogP contribution in [0.1, 0.15) is 53.1 Å². The molecule has 0 fully saturated rings. The second-order valence-corrected chi connectivity index (χ2v) is 9.43. The maximum Gasteiger partial charge on any atom is 0.416 e. The van der Waals surface area contributed by atoms with Gasteiger partial charge in [0.25, 0.3) is 0 Å². The number of hydrogen-bond donors (Lipinski definition) is 0. The zero-order valence-corrected chi connectivity index (χ0v) is 20.6. The molecule has 0 aliphatic carbocycles. The smallest absolute Gasteiger partial charge is 0.207 e. The first-order chi connectivity index (χ1) is 17.7. The Bertz CT molecular complexity index is 1350. The summed E-state index contributed by atoms with van der Waals surface area (Å²) in [4.78, 5) is 0. The van der Waals surface area contributed by atoms with Crippen LogP contribution in [0.4, 0.5) is 26.3 Å². The molecule has 4 aromatic rings. The van der Waals surface area contributed by atoms with Crippen molar-refractivity contribution < 1.29 is 26.3 Å². The third-order valence-electron chi connectivity index (χ3n) is 6.75. The van der Waals surface area contributed by atoms with Gasteiger partial charge in [-0.25, -0.2) is 13.2 Å². The Morgan fingerprint density at radius 2 is 1.27 bits per heavy atom. The lowest BCUT2D eigenvalue weighted by Gasteiger charge is -2.11. The lowest BCUT2D eigenvalue weighted by atomic mass is 9.96. The second-order valence-electron chi connectivity index (χ2n) is 9.43. The molecule has 0 unspecified atom stereocenters. The van der Waals surface area contributed by atoms with E-state index in [0.29, 0.717) is 53.1 Å². The fourth-order valence-electron chi connectivity index (χ4n) is 4.56. The van der Waals surface area contributed by atoms with Gasteiger partial charge in [0.1, 0.15) is 17.5 Å². The Morgan fingerprint density at radius 1 is 0.622 bits per heavy atom. The highest BCUT2D eigenvalue weighted by Crippen LogP contribution is 2.30. The topological polar surface area (TPSA) is 0 Å². The lowest BCUT2D eigenvalue weighted by molar-refractivity contribution is -0.137. The summed E-state index contributed by atoms with van der Waals surface area (Å²) in [7, 11) is 0. The maximum absolute atomic E-state index is 15.2. The van der Waals surface area contributed by atoms with E-state index >= 15 is 4.39 Å². The molecule has 0 aliphatic heterocycles. The molecule has 37 heavy (non-hydrogen) atoms. The second kappa shape index (κ2) is 11.4. The molecule has 0 saturated heterocycles. The van der Waals surface area contributed by atoms with Crippen molar-refractivity contribution in [3.63, 3.8) is 0 Å². The monoisotopic (exact) mass is 514 g/mol. The van der Waals surface area contributed by atoms with Crippen molar-refractivity contribution in [3.05, 3.63) is 118 Å². The summed E-state index contributed by atoms with van der Waals surface area (Å²) in [6, 6.07) is 16.5. The van der Waals surface area contributed by atoms with E-state index in [9.17, 15) is 22.0 Å². The van der Waals surface area contributed by atoms with Crippen LogP contribution in [0.15, 0.2) is 66.7 Å². The number of aryl methyl sites for hydroxylation is 4. The number of benzene rings is 4. The number of unbranched alkanes of at least 4 members (excludes halogenated alkanes) is 1. The largest absolute Gasteiger partial charge is 0.416 e. The molecule has 0 nitrogen and oxygen atoms in total. The molecule has 4 aromatic carbocycles. The normalized spacial score (nSPS) is 11.9. The highest BCUT2D eigenvalue weighted by atomic mass is 19.4. The van der Waals surface area contributed by atoms with E-state index in [1.807, 2.05) is 13.0 Å². The van der Waals surface area contributed by atoms with Gasteiger partial charge in [-0.1, -0.05) is 55.8 Å². The SMILES string of the molecule is CCCCc1cc(F)c(CCc2ccc3c(F)c(CCc4ccc(C(F)(F)F)cc4)ccc3c2)c(F)c1. The molecule has 0 spiro atoms. The molecule has 6 heteroatoms. The Kier molecular flexibility index (Phi) is 8.25. The van der Waals surface area contributed by atoms with Gasteiger partial charge in [0, 0.05) is 10.9 Å². The van der Waals surface area contributed by atoms with E-state index < -0.39 is 23.4 Å². The van der Waals surface area contributed by atoms with Gasteiger partial charge in [0.2, 0.25) is 0 Å². The first-order valence-electron chi connectivity index (χ1n) is 12.5. The highest BCUT2D eigenvalue weighted by molar-refractivity contribution is 5.84. The number of fused-ring (bicyclic) bond motifs is 1. The molecule has 0 saturated carbocycles. The number of alkyl halides is 3. The summed E-state index contributed by atoms with van der Waals surface area (Å²) < 4.78 is 82.4. The van der Waals surface area contributed by atoms with Crippen molar-refractivity contribution in [2.24, 2.45) is 0 Å². The molecule has 0 atom stereocenters. The molecule has 194 valence electrons. The summed E-state index contributed by atoms with van der Waals surface area (Å²) >= 11 is 0. The van der Waals surface area contributed by atoms with Crippen LogP contribution in [0, 0.1) is 17.5 Å². The third-order valence-corrected chi connectivity index (χ3v) is 6.75. The first-order valence-corrected chi connectivity index (χ1v) is 12.5. The molecule has 0 amide bonds. The van der Waals surface area contributed by atoms with E-state index in [1.54, 1.807) is 24.3 Å². The number of hydrogen-bond acceptors (Lipinski definition) is 0. The van der Waals surface area contributed by atoms with E-state index in [4.69, 9.17) is 0 Å². The molecule has 0 aliphatic rings. The minimum Gasteiger partial charge on any atom is -0.207 e. The van der Waals surface area contributed by atoms with Crippen LogP contribution in [-0.2, 0) is 38.3 Å². The third kappa shape index (κ3) is 6.54. The van der Waals surface area contributed by atoms with Gasteiger partial charge >= 0.3 is 6.18 Å². The van der Waals surface area contributed by atoms with Gasteiger partial charge in [-0.15, -0.1) is 0 Å². The van der Waals surface area contributed by atoms with Crippen LogP contribution < -0.4 is 0 Å². The summed E-state index contributed by atoms with van der Waals surface area (Å²) in [5.41, 5.74) is 2.03. The lowest BCUT2D eigenvalue weighted by Crippen LogP contribution is -2.04. The quantitative estimate of drug-likeness (QED) is 0.195. The van der Waals surface area contributed by atoms with Gasteiger partial charge in [-0.05, 0) is 90.4 Å². The molecule has 0 aromatic heterocycles. The van der Waals surface area contributed by atoms with Crippen molar-refractivity contribution in [3.8, 4) is 0 Å². The van der Waals surface area contributed by atoms with Crippen LogP contribution in [0.5, 0.6) is 0 Å². The molecule has 0 radical (unpaired) electrons. The Labute approximate surface area is 213 Å². The average molecular weight is 515 g/mol. The van der Waals surface area contributed by atoms with Gasteiger partial charge in [0.05, 0.1) is 5.56 Å². The molecular weight excluding hydrogens is 486 g/mol. The molecule has 4 rings (SSSR count). The predicted molar refractivity (Wildman–Crippen MR) is 135 cm³/mol. The molecule has 0 heterocycles. The van der Waals surface area contributed by atoms with Crippen molar-refractivity contribution >= 4 is 10.8 Å². The van der Waals surface area contributed by atoms with Crippen LogP contribution in [0.2, 0.25) is 0 Å². The van der Waals surface area contributed by atoms with Gasteiger partial charge in [-0.3, -0.25) is 0 Å². The van der Waals surface area contributed by atoms with Crippen molar-refractivity contribution in [1.82, 2.24) is 0 Å². The van der Waals surface area contributed by atoms with Gasteiger partial charge < -0.3 is 0 Å². The minimum atomic E-state index is -4.39. The Balaban J connectivity index is 1.43. The first kappa shape index (κ1) is 26.8. The zero-order valence-electron chi connectivity index (χ0n) is 20.6. The summed E-state index contributed by atoms with van der Waals surface area (Å²) in [5, 5.41) is 1.12. The van der Waals surface area contributed by atoms with Crippen LogP contribution in [0.3, 0.4) is 0 Å². The van der Waals surface area contributed by atoms with E-state index in [2.05, 4.69) is 0 Å². The summed E-state index contributed by atoms with van der Waals surface area (Å²) in [6.45, 7) is 2.03. The average Bonchev–Trinajstić information content (AvgIpc) is 2.86. The zero-order chi connectivity index (χ0) is 26.6. The Hall–Kier alpha value is -3.28. The van der Waals surface area contributed by atoms with E-state index in [-0.39, 0.29) is 17.8 Å². The number of rotatable bonds is 9. The minimum absolute atomic E-state index is 0.0603. The van der Waals surface area contributed by atoms with Crippen LogP contribution in [-0.4, -0.2) is 0 Å². The van der Waals surface area contributed by atoms with Crippen molar-refractivity contribution in [1.29, 1.82) is 0 Å².